The van der Waals surface area contributed by atoms with Crippen LogP contribution in [0.3, 0.4) is 0 Å². The summed E-state index contributed by atoms with van der Waals surface area (Å²) in [6.07, 6.45) is 0. The predicted octanol–water partition coefficient (Wildman–Crippen LogP) is 5.12. The van der Waals surface area contributed by atoms with E-state index in [-0.39, 0.29) is 5.41 Å². The Kier molecular flexibility index (Phi) is 4.91. The Balaban J connectivity index is 1.95. The van der Waals surface area contributed by atoms with Gasteiger partial charge in [-0.05, 0) is 35.2 Å². The molecule has 0 fully saturated rings. The number of thiophene rings is 1. The van der Waals surface area contributed by atoms with Gasteiger partial charge < -0.3 is 5.32 Å². The van der Waals surface area contributed by atoms with Crippen molar-refractivity contribution in [3.05, 3.63) is 56.2 Å². The number of benzene rings is 1. The summed E-state index contributed by atoms with van der Waals surface area (Å²) in [7, 11) is 0. The van der Waals surface area contributed by atoms with Crippen molar-refractivity contribution in [2.24, 2.45) is 0 Å². The highest BCUT2D eigenvalue weighted by molar-refractivity contribution is 7.10. The molecule has 1 N–H and O–H groups in total. The molecule has 0 radical (unpaired) electrons. The molecule has 1 nitrogen and oxygen atoms in total. The Morgan fingerprint density at radius 1 is 1.21 bits per heavy atom. The van der Waals surface area contributed by atoms with E-state index in [1.807, 2.05) is 18.2 Å². The van der Waals surface area contributed by atoms with Crippen molar-refractivity contribution in [3.8, 4) is 0 Å². The molecule has 0 aliphatic carbocycles. The number of hydrogen-bond donors (Lipinski definition) is 1. The van der Waals surface area contributed by atoms with Crippen LogP contribution in [0, 0.1) is 0 Å². The van der Waals surface area contributed by atoms with Crippen LogP contribution in [0.1, 0.15) is 24.3 Å². The second kappa shape index (κ2) is 6.27. The van der Waals surface area contributed by atoms with Gasteiger partial charge in [-0.3, -0.25) is 0 Å². The number of halogens is 2. The molecule has 1 aromatic heterocycles. The average Bonchev–Trinajstić information content (AvgIpc) is 2.88. The normalized spacial score (nSPS) is 11.8. The topological polar surface area (TPSA) is 12.0 Å². The van der Waals surface area contributed by atoms with Crippen molar-refractivity contribution in [2.75, 3.05) is 6.54 Å². The molecule has 0 saturated heterocycles. The number of nitrogens with one attached hydrogen (secondary N) is 1. The highest BCUT2D eigenvalue weighted by Crippen LogP contribution is 2.27. The van der Waals surface area contributed by atoms with Crippen molar-refractivity contribution < 1.29 is 0 Å². The Morgan fingerprint density at radius 3 is 2.68 bits per heavy atom. The Labute approximate surface area is 128 Å². The lowest BCUT2D eigenvalue weighted by atomic mass is 9.91. The highest BCUT2D eigenvalue weighted by atomic mass is 35.5. The average molecular weight is 314 g/mol. The Bertz CT molecular complexity index is 535. The van der Waals surface area contributed by atoms with Crippen molar-refractivity contribution in [3.63, 3.8) is 0 Å². The minimum absolute atomic E-state index is 0.124. The zero-order valence-electron chi connectivity index (χ0n) is 11.0. The van der Waals surface area contributed by atoms with Gasteiger partial charge in [0.05, 0.1) is 0 Å². The van der Waals surface area contributed by atoms with Gasteiger partial charge in [0.25, 0.3) is 0 Å². The number of hydrogen-bond acceptors (Lipinski definition) is 2. The molecule has 0 unspecified atom stereocenters. The molecule has 4 heteroatoms. The molecule has 1 aromatic carbocycles. The third-order valence-corrected chi connectivity index (χ3v) is 4.92. The van der Waals surface area contributed by atoms with E-state index in [1.54, 1.807) is 11.3 Å². The molecule has 19 heavy (non-hydrogen) atoms. The molecule has 0 amide bonds. The quantitative estimate of drug-likeness (QED) is 0.807. The van der Waals surface area contributed by atoms with Crippen LogP contribution < -0.4 is 5.32 Å². The van der Waals surface area contributed by atoms with Crippen LogP contribution in [0.25, 0.3) is 0 Å². The van der Waals surface area contributed by atoms with Crippen molar-refractivity contribution in [1.82, 2.24) is 5.32 Å². The molecule has 0 saturated carbocycles. The third-order valence-electron chi connectivity index (χ3n) is 3.08. The molecule has 2 aromatic rings. The van der Waals surface area contributed by atoms with E-state index in [0.717, 1.165) is 28.7 Å². The first kappa shape index (κ1) is 14.9. The molecule has 2 rings (SSSR count). The molecule has 0 spiro atoms. The fraction of sp³-hybridized carbons (Fsp3) is 0.333. The van der Waals surface area contributed by atoms with Gasteiger partial charge in [0.2, 0.25) is 0 Å². The van der Waals surface area contributed by atoms with Gasteiger partial charge in [-0.2, -0.15) is 0 Å². The van der Waals surface area contributed by atoms with E-state index in [4.69, 9.17) is 23.2 Å². The van der Waals surface area contributed by atoms with Crippen LogP contribution in [-0.2, 0) is 12.0 Å². The summed E-state index contributed by atoms with van der Waals surface area (Å²) in [5.74, 6) is 0. The summed E-state index contributed by atoms with van der Waals surface area (Å²) in [5.41, 5.74) is 1.16. The minimum atomic E-state index is 0.124. The van der Waals surface area contributed by atoms with Gasteiger partial charge in [0, 0.05) is 33.4 Å². The lowest BCUT2D eigenvalue weighted by molar-refractivity contribution is 0.477. The summed E-state index contributed by atoms with van der Waals surface area (Å²) in [6.45, 7) is 6.11. The maximum absolute atomic E-state index is 6.15. The summed E-state index contributed by atoms with van der Waals surface area (Å²) < 4.78 is 0. The van der Waals surface area contributed by atoms with Gasteiger partial charge in [-0.15, -0.1) is 11.3 Å². The van der Waals surface area contributed by atoms with Gasteiger partial charge in [-0.25, -0.2) is 0 Å². The zero-order valence-corrected chi connectivity index (χ0v) is 13.4. The van der Waals surface area contributed by atoms with Gasteiger partial charge in [-0.1, -0.05) is 43.1 Å². The predicted molar refractivity (Wildman–Crippen MR) is 85.5 cm³/mol. The fourth-order valence-corrected chi connectivity index (χ4v) is 3.17. The molecular formula is C15H17Cl2NS. The van der Waals surface area contributed by atoms with Crippen LogP contribution >= 0.6 is 34.5 Å². The Morgan fingerprint density at radius 2 is 2.00 bits per heavy atom. The van der Waals surface area contributed by atoms with Crippen LogP contribution in [0.2, 0.25) is 10.0 Å². The van der Waals surface area contributed by atoms with E-state index in [9.17, 15) is 0 Å². The van der Waals surface area contributed by atoms with E-state index in [1.165, 1.54) is 4.88 Å². The van der Waals surface area contributed by atoms with E-state index >= 15 is 0 Å². The Hall–Kier alpha value is -0.540. The molecule has 0 atom stereocenters. The van der Waals surface area contributed by atoms with Gasteiger partial charge in [0.15, 0.2) is 0 Å². The third kappa shape index (κ3) is 3.96. The maximum Gasteiger partial charge on any atom is 0.0451 e. The lowest BCUT2D eigenvalue weighted by Crippen LogP contribution is -2.31. The zero-order chi connectivity index (χ0) is 13.9. The molecule has 102 valence electrons. The van der Waals surface area contributed by atoms with E-state index in [2.05, 4.69) is 36.7 Å². The van der Waals surface area contributed by atoms with Gasteiger partial charge in [0.1, 0.15) is 0 Å². The van der Waals surface area contributed by atoms with Crippen molar-refractivity contribution >= 4 is 34.5 Å². The summed E-state index contributed by atoms with van der Waals surface area (Å²) in [5, 5.41) is 7.05. The molecule has 1 heterocycles. The van der Waals surface area contributed by atoms with Crippen molar-refractivity contribution in [2.45, 2.75) is 25.8 Å². The SMILES string of the molecule is CC(C)(CNCc1cc(Cl)ccc1Cl)c1cccs1. The highest BCUT2D eigenvalue weighted by Gasteiger charge is 2.21. The first-order chi connectivity index (χ1) is 8.99. The van der Waals surface area contributed by atoms with Crippen LogP contribution in [0.15, 0.2) is 35.7 Å². The molecule has 0 aliphatic heterocycles. The van der Waals surface area contributed by atoms with Crippen LogP contribution in [0.4, 0.5) is 0 Å². The summed E-state index contributed by atoms with van der Waals surface area (Å²) >= 11 is 13.9. The smallest absolute Gasteiger partial charge is 0.0451 e. The minimum Gasteiger partial charge on any atom is -0.312 e. The monoisotopic (exact) mass is 313 g/mol. The summed E-state index contributed by atoms with van der Waals surface area (Å²) in [4.78, 5) is 1.39. The van der Waals surface area contributed by atoms with E-state index < -0.39 is 0 Å². The standard InChI is InChI=1S/C15H17Cl2NS/c1-15(2,14-4-3-7-19-14)10-18-9-11-8-12(16)5-6-13(11)17/h3-8,18H,9-10H2,1-2H3. The van der Waals surface area contributed by atoms with Crippen LogP contribution in [0.5, 0.6) is 0 Å². The molecule has 0 bridgehead atoms. The maximum atomic E-state index is 6.15. The largest absolute Gasteiger partial charge is 0.312 e. The lowest BCUT2D eigenvalue weighted by Gasteiger charge is -2.24. The first-order valence-corrected chi connectivity index (χ1v) is 7.81. The number of rotatable bonds is 5. The first-order valence-electron chi connectivity index (χ1n) is 6.18. The fourth-order valence-electron chi connectivity index (χ4n) is 1.94. The van der Waals surface area contributed by atoms with E-state index in [0.29, 0.717) is 0 Å². The molecular weight excluding hydrogens is 297 g/mol. The molecule has 0 aliphatic rings. The van der Waals surface area contributed by atoms with Gasteiger partial charge >= 0.3 is 0 Å². The van der Waals surface area contributed by atoms with Crippen LogP contribution in [-0.4, -0.2) is 6.54 Å². The van der Waals surface area contributed by atoms with Crippen molar-refractivity contribution in [1.29, 1.82) is 0 Å². The second-order valence-corrected chi connectivity index (χ2v) is 6.99. The second-order valence-electron chi connectivity index (χ2n) is 5.20. The summed E-state index contributed by atoms with van der Waals surface area (Å²) in [6, 6.07) is 9.83.